The fourth-order valence-electron chi connectivity index (χ4n) is 4.90. The van der Waals surface area contributed by atoms with Crippen molar-refractivity contribution in [3.63, 3.8) is 0 Å². The third kappa shape index (κ3) is 5.88. The highest BCUT2D eigenvalue weighted by atomic mass is 35.5. The van der Waals surface area contributed by atoms with E-state index < -0.39 is 23.8 Å². The first-order chi connectivity index (χ1) is 18.2. The molecule has 0 amide bonds. The molecule has 5 rings (SSSR count). The van der Waals surface area contributed by atoms with Crippen LogP contribution in [0, 0.1) is 0 Å². The molecule has 2 aromatic carbocycles. The third-order valence-electron chi connectivity index (χ3n) is 6.74. The highest BCUT2D eigenvalue weighted by Crippen LogP contribution is 2.41. The number of ether oxygens (including phenoxy) is 1. The van der Waals surface area contributed by atoms with Gasteiger partial charge < -0.3 is 24.5 Å². The van der Waals surface area contributed by atoms with Crippen LogP contribution in [0.15, 0.2) is 72.0 Å². The average molecular weight is 562 g/mol. The summed E-state index contributed by atoms with van der Waals surface area (Å²) in [7, 11) is 1.61. The van der Waals surface area contributed by atoms with Crippen molar-refractivity contribution >= 4 is 41.4 Å². The van der Waals surface area contributed by atoms with E-state index >= 15 is 0 Å². The first-order valence-electron chi connectivity index (χ1n) is 12.1. The largest absolute Gasteiger partial charge is 0.497 e. The number of carbonyl (C=O) groups is 1. The van der Waals surface area contributed by atoms with Gasteiger partial charge in [0.25, 0.3) is 0 Å². The smallest absolute Gasteiger partial charge is 0.416 e. The SMILES string of the molecule is COc1cccc(N2CCN(C3=Nc4cnccc4C(CC(=O)O)N3c3cccc(C(F)(F)F)c3)CC2)c1.Cl. The second kappa shape index (κ2) is 11.4. The Morgan fingerprint density at radius 2 is 1.72 bits per heavy atom. The maximum Gasteiger partial charge on any atom is 0.416 e. The number of fused-ring (bicyclic) bond motifs is 1. The van der Waals surface area contributed by atoms with Crippen molar-refractivity contribution in [1.29, 1.82) is 0 Å². The number of carboxylic acid groups (broad SMARTS) is 1. The second-order valence-electron chi connectivity index (χ2n) is 9.05. The van der Waals surface area contributed by atoms with Gasteiger partial charge in [0.1, 0.15) is 5.75 Å². The lowest BCUT2D eigenvalue weighted by atomic mass is 9.98. The Morgan fingerprint density at radius 3 is 2.41 bits per heavy atom. The number of guanidine groups is 1. The monoisotopic (exact) mass is 561 g/mol. The van der Waals surface area contributed by atoms with E-state index in [0.29, 0.717) is 43.4 Å². The van der Waals surface area contributed by atoms with Gasteiger partial charge in [0, 0.05) is 55.4 Å². The van der Waals surface area contributed by atoms with Gasteiger partial charge in [0.05, 0.1) is 37.0 Å². The van der Waals surface area contributed by atoms with Crippen molar-refractivity contribution in [1.82, 2.24) is 9.88 Å². The molecular formula is C27H27ClF3N5O3. The number of hydrogen-bond acceptors (Lipinski definition) is 7. The summed E-state index contributed by atoms with van der Waals surface area (Å²) in [5, 5.41) is 9.75. The van der Waals surface area contributed by atoms with Crippen molar-refractivity contribution in [2.45, 2.75) is 18.6 Å². The summed E-state index contributed by atoms with van der Waals surface area (Å²) in [6.45, 7) is 2.32. The molecule has 0 radical (unpaired) electrons. The number of pyridine rings is 1. The number of anilines is 2. The molecule has 12 heteroatoms. The first-order valence-corrected chi connectivity index (χ1v) is 12.1. The Labute approximate surface area is 229 Å². The van der Waals surface area contributed by atoms with E-state index in [2.05, 4.69) is 9.88 Å². The van der Waals surface area contributed by atoms with Crippen LogP contribution in [0.5, 0.6) is 5.75 Å². The predicted molar refractivity (Wildman–Crippen MR) is 144 cm³/mol. The molecule has 3 aromatic rings. The number of aromatic nitrogens is 1. The molecule has 0 bridgehead atoms. The van der Waals surface area contributed by atoms with E-state index in [4.69, 9.17) is 9.73 Å². The maximum atomic E-state index is 13.6. The molecule has 2 aliphatic rings. The number of carboxylic acids is 1. The van der Waals surface area contributed by atoms with Gasteiger partial charge in [0.15, 0.2) is 0 Å². The lowest BCUT2D eigenvalue weighted by Crippen LogP contribution is -2.55. The minimum Gasteiger partial charge on any atom is -0.497 e. The highest BCUT2D eigenvalue weighted by molar-refractivity contribution is 6.01. The average Bonchev–Trinajstić information content (AvgIpc) is 2.92. The van der Waals surface area contributed by atoms with Crippen LogP contribution in [0.2, 0.25) is 0 Å². The number of nitrogens with zero attached hydrogens (tertiary/aromatic N) is 5. The maximum absolute atomic E-state index is 13.6. The van der Waals surface area contributed by atoms with E-state index in [9.17, 15) is 23.1 Å². The Bertz CT molecular complexity index is 1360. The summed E-state index contributed by atoms with van der Waals surface area (Å²) >= 11 is 0. The third-order valence-corrected chi connectivity index (χ3v) is 6.74. The van der Waals surface area contributed by atoms with E-state index in [1.807, 2.05) is 29.2 Å². The number of hydrogen-bond donors (Lipinski definition) is 1. The quantitative estimate of drug-likeness (QED) is 0.448. The Kier molecular flexibility index (Phi) is 8.19. The van der Waals surface area contributed by atoms with Gasteiger partial charge in [0.2, 0.25) is 5.96 Å². The zero-order valence-electron chi connectivity index (χ0n) is 21.0. The van der Waals surface area contributed by atoms with Gasteiger partial charge in [-0.1, -0.05) is 12.1 Å². The van der Waals surface area contributed by atoms with Crippen LogP contribution >= 0.6 is 12.4 Å². The van der Waals surface area contributed by atoms with E-state index in [-0.39, 0.29) is 24.5 Å². The number of benzene rings is 2. The van der Waals surface area contributed by atoms with E-state index in [1.54, 1.807) is 30.3 Å². The minimum atomic E-state index is -4.55. The fourth-order valence-corrected chi connectivity index (χ4v) is 4.90. The van der Waals surface area contributed by atoms with Crippen LogP contribution in [0.3, 0.4) is 0 Å². The number of rotatable bonds is 5. The lowest BCUT2D eigenvalue weighted by molar-refractivity contribution is -0.138. The number of halogens is 4. The number of aliphatic carboxylic acids is 1. The van der Waals surface area contributed by atoms with Crippen molar-refractivity contribution in [2.75, 3.05) is 43.1 Å². The van der Waals surface area contributed by atoms with Gasteiger partial charge >= 0.3 is 12.1 Å². The molecule has 1 aromatic heterocycles. The van der Waals surface area contributed by atoms with Crippen LogP contribution in [-0.4, -0.2) is 60.2 Å². The van der Waals surface area contributed by atoms with Crippen molar-refractivity contribution in [3.05, 3.63) is 78.1 Å². The Hall–Kier alpha value is -3.99. The van der Waals surface area contributed by atoms with Crippen LogP contribution in [0.1, 0.15) is 23.6 Å². The molecule has 1 N–H and O–H groups in total. The molecule has 8 nitrogen and oxygen atoms in total. The standard InChI is InChI=1S/C27H26F3N5O3.ClH/c1-38-21-7-3-5-19(15-21)33-10-12-34(13-11-33)26-32-23-17-31-9-8-22(23)24(16-25(36)37)35(26)20-6-2-4-18(14-20)27(28,29)30;/h2-9,14-15,17,24H,10-13,16H2,1H3,(H,36,37);1H. The molecule has 1 fully saturated rings. The number of aliphatic imine (C=N–C) groups is 1. The minimum absolute atomic E-state index is 0. The zero-order valence-corrected chi connectivity index (χ0v) is 21.8. The number of alkyl halides is 3. The van der Waals surface area contributed by atoms with Gasteiger partial charge in [-0.05, 0) is 36.4 Å². The van der Waals surface area contributed by atoms with Crippen LogP contribution in [-0.2, 0) is 11.0 Å². The summed E-state index contributed by atoms with van der Waals surface area (Å²) < 4.78 is 46.2. The molecule has 2 aliphatic heterocycles. The Balaban J connectivity index is 0.00000353. The van der Waals surface area contributed by atoms with Crippen LogP contribution in [0.4, 0.5) is 30.2 Å². The van der Waals surface area contributed by atoms with Gasteiger partial charge in [-0.25, -0.2) is 4.99 Å². The molecule has 0 spiro atoms. The predicted octanol–water partition coefficient (Wildman–Crippen LogP) is 5.38. The van der Waals surface area contributed by atoms with Gasteiger partial charge in [-0.15, -0.1) is 12.4 Å². The molecule has 0 saturated carbocycles. The molecule has 206 valence electrons. The number of methoxy groups -OCH3 is 1. The fraction of sp³-hybridized carbons (Fsp3) is 0.296. The van der Waals surface area contributed by atoms with E-state index in [0.717, 1.165) is 23.6 Å². The summed E-state index contributed by atoms with van der Waals surface area (Å²) in [4.78, 5) is 26.7. The zero-order chi connectivity index (χ0) is 26.9. The van der Waals surface area contributed by atoms with Gasteiger partial charge in [-0.2, -0.15) is 13.2 Å². The van der Waals surface area contributed by atoms with Crippen molar-refractivity contribution in [3.8, 4) is 5.75 Å². The van der Waals surface area contributed by atoms with Crippen molar-refractivity contribution < 1.29 is 27.8 Å². The molecule has 1 unspecified atom stereocenters. The van der Waals surface area contributed by atoms with E-state index in [1.165, 1.54) is 12.3 Å². The van der Waals surface area contributed by atoms with Crippen LogP contribution in [0.25, 0.3) is 0 Å². The Morgan fingerprint density at radius 1 is 1.03 bits per heavy atom. The summed E-state index contributed by atoms with van der Waals surface area (Å²) in [5.74, 6) is 0.0816. The summed E-state index contributed by atoms with van der Waals surface area (Å²) in [6, 6.07) is 13.6. The molecule has 1 atom stereocenters. The highest BCUT2D eigenvalue weighted by Gasteiger charge is 2.38. The molecular weight excluding hydrogens is 535 g/mol. The summed E-state index contributed by atoms with van der Waals surface area (Å²) in [6.07, 6.45) is -1.78. The lowest BCUT2D eigenvalue weighted by Gasteiger charge is -2.45. The molecule has 0 aliphatic carbocycles. The van der Waals surface area contributed by atoms with Crippen LogP contribution < -0.4 is 14.5 Å². The normalized spacial score (nSPS) is 17.2. The molecule has 1 saturated heterocycles. The second-order valence-corrected chi connectivity index (χ2v) is 9.05. The first kappa shape index (κ1) is 28.0. The van der Waals surface area contributed by atoms with Gasteiger partial charge in [-0.3, -0.25) is 9.78 Å². The molecule has 39 heavy (non-hydrogen) atoms. The summed E-state index contributed by atoms with van der Waals surface area (Å²) in [5.41, 5.74) is 1.52. The topological polar surface area (TPSA) is 81.5 Å². The molecule has 3 heterocycles. The number of piperazine rings is 1. The van der Waals surface area contributed by atoms with Crippen molar-refractivity contribution in [2.24, 2.45) is 4.99 Å².